The third-order valence-electron chi connectivity index (χ3n) is 5.14. The van der Waals surface area contributed by atoms with E-state index in [0.29, 0.717) is 6.54 Å². The van der Waals surface area contributed by atoms with E-state index in [4.69, 9.17) is 5.73 Å². The first-order valence-electron chi connectivity index (χ1n) is 10.4. The third-order valence-corrected chi connectivity index (χ3v) is 8.75. The molecule has 3 aromatic rings. The number of rotatable bonds is 4. The van der Waals surface area contributed by atoms with Crippen LogP contribution in [0.3, 0.4) is 0 Å². The summed E-state index contributed by atoms with van der Waals surface area (Å²) in [6.07, 6.45) is 0. The maximum atomic E-state index is 6.15. The molecule has 0 saturated carbocycles. The molecule has 152 valence electrons. The van der Waals surface area contributed by atoms with Crippen LogP contribution in [0.25, 0.3) is 22.3 Å². The first-order valence-corrected chi connectivity index (χ1v) is 11.8. The molecule has 0 saturated heterocycles. The summed E-state index contributed by atoms with van der Waals surface area (Å²) in [6, 6.07) is 26.3. The second-order valence-corrected chi connectivity index (χ2v) is 13.5. The van der Waals surface area contributed by atoms with E-state index in [2.05, 4.69) is 114 Å². The van der Waals surface area contributed by atoms with E-state index >= 15 is 0 Å². The fraction of sp³-hybridized carbons (Fsp3) is 0.333. The van der Waals surface area contributed by atoms with Crippen LogP contribution in [0.2, 0.25) is 0 Å². The van der Waals surface area contributed by atoms with Gasteiger partial charge in [0.05, 0.1) is 0 Å². The van der Waals surface area contributed by atoms with Crippen LogP contribution < -0.4 is 11.0 Å². The normalized spacial score (nSPS) is 12.4. The highest BCUT2D eigenvalue weighted by Crippen LogP contribution is 2.60. The van der Waals surface area contributed by atoms with E-state index in [1.165, 1.54) is 33.1 Å². The first kappa shape index (κ1) is 21.8. The van der Waals surface area contributed by atoms with Crippen LogP contribution in [0.4, 0.5) is 0 Å². The number of hydrogen-bond donors (Lipinski definition) is 1. The van der Waals surface area contributed by atoms with Crippen LogP contribution in [0.1, 0.15) is 47.1 Å². The Bertz CT molecular complexity index is 873. The minimum absolute atomic E-state index is 0.172. The Labute approximate surface area is 178 Å². The van der Waals surface area contributed by atoms with Crippen molar-refractivity contribution in [2.45, 2.75) is 58.4 Å². The molecular weight excluding hydrogens is 369 g/mol. The highest BCUT2D eigenvalue weighted by Gasteiger charge is 2.38. The van der Waals surface area contributed by atoms with Crippen molar-refractivity contribution in [3.63, 3.8) is 0 Å². The van der Waals surface area contributed by atoms with Crippen molar-refractivity contribution in [3.8, 4) is 22.3 Å². The lowest BCUT2D eigenvalue weighted by molar-refractivity contribution is 0.715. The van der Waals surface area contributed by atoms with E-state index < -0.39 is 7.92 Å². The second kappa shape index (κ2) is 8.42. The van der Waals surface area contributed by atoms with Gasteiger partial charge in [0.1, 0.15) is 0 Å². The number of nitrogens with two attached hydrogens (primary N) is 1. The molecule has 0 aliphatic rings. The molecule has 0 spiro atoms. The van der Waals surface area contributed by atoms with E-state index in [-0.39, 0.29) is 10.3 Å². The van der Waals surface area contributed by atoms with E-state index in [1.54, 1.807) is 0 Å². The lowest BCUT2D eigenvalue weighted by Crippen LogP contribution is -2.33. The molecule has 3 aromatic carbocycles. The van der Waals surface area contributed by atoms with Crippen LogP contribution >= 0.6 is 7.92 Å². The Morgan fingerprint density at radius 1 is 0.655 bits per heavy atom. The molecule has 0 atom stereocenters. The van der Waals surface area contributed by atoms with E-state index in [9.17, 15) is 0 Å². The van der Waals surface area contributed by atoms with Gasteiger partial charge in [-0.1, -0.05) is 110 Å². The van der Waals surface area contributed by atoms with Gasteiger partial charge >= 0.3 is 0 Å². The molecule has 1 nitrogen and oxygen atoms in total. The van der Waals surface area contributed by atoms with Gasteiger partial charge in [0.2, 0.25) is 0 Å². The summed E-state index contributed by atoms with van der Waals surface area (Å²) >= 11 is 0. The van der Waals surface area contributed by atoms with Crippen LogP contribution in [-0.4, -0.2) is 10.3 Å². The minimum atomic E-state index is -0.485. The highest BCUT2D eigenvalue weighted by atomic mass is 31.1. The predicted octanol–water partition coefficient (Wildman–Crippen LogP) is 7.18. The van der Waals surface area contributed by atoms with Crippen molar-refractivity contribution in [2.24, 2.45) is 5.73 Å². The summed E-state index contributed by atoms with van der Waals surface area (Å²) < 4.78 is 0. The number of hydrogen-bond acceptors (Lipinski definition) is 1. The smallest absolute Gasteiger partial charge is 0.0178 e. The zero-order valence-electron chi connectivity index (χ0n) is 18.7. The molecule has 29 heavy (non-hydrogen) atoms. The maximum Gasteiger partial charge on any atom is 0.0178 e. The Morgan fingerprint density at radius 2 is 1.03 bits per heavy atom. The van der Waals surface area contributed by atoms with Crippen molar-refractivity contribution in [1.82, 2.24) is 0 Å². The summed E-state index contributed by atoms with van der Waals surface area (Å²) in [5.74, 6) is 0. The highest BCUT2D eigenvalue weighted by molar-refractivity contribution is 7.69. The standard InChI is InChI=1S/C27H34NP/c1-26(2,3)29(27(4,5)6)25-23(21-13-9-7-10-14-21)17-20(19-28)18-24(25)22-15-11-8-12-16-22/h7-18H,19,28H2,1-6H3. The van der Waals surface area contributed by atoms with Crippen LogP contribution in [0, 0.1) is 0 Å². The minimum Gasteiger partial charge on any atom is -0.326 e. The zero-order chi connectivity index (χ0) is 21.2. The van der Waals surface area contributed by atoms with Crippen molar-refractivity contribution < 1.29 is 0 Å². The second-order valence-electron chi connectivity index (χ2n) is 9.65. The molecule has 0 amide bonds. The summed E-state index contributed by atoms with van der Waals surface area (Å²) in [7, 11) is -0.485. The Hall–Kier alpha value is -1.95. The van der Waals surface area contributed by atoms with E-state index in [1.807, 2.05) is 0 Å². The third kappa shape index (κ3) is 4.80. The van der Waals surface area contributed by atoms with Gasteiger partial charge in [0.25, 0.3) is 0 Å². The summed E-state index contributed by atoms with van der Waals surface area (Å²) in [6.45, 7) is 14.9. The predicted molar refractivity (Wildman–Crippen MR) is 131 cm³/mol. The topological polar surface area (TPSA) is 26.0 Å². The van der Waals surface area contributed by atoms with Crippen molar-refractivity contribution in [2.75, 3.05) is 0 Å². The fourth-order valence-electron chi connectivity index (χ4n) is 4.41. The first-order chi connectivity index (χ1) is 13.6. The van der Waals surface area contributed by atoms with Crippen molar-refractivity contribution in [1.29, 1.82) is 0 Å². The van der Waals surface area contributed by atoms with E-state index in [0.717, 1.165) is 0 Å². The average molecular weight is 404 g/mol. The maximum absolute atomic E-state index is 6.15. The van der Waals surface area contributed by atoms with Gasteiger partial charge in [-0.2, -0.15) is 0 Å². The lowest BCUT2D eigenvalue weighted by atomic mass is 9.95. The van der Waals surface area contributed by atoms with Crippen molar-refractivity contribution >= 4 is 13.2 Å². The number of benzene rings is 3. The molecule has 0 heterocycles. The lowest BCUT2D eigenvalue weighted by Gasteiger charge is -2.44. The zero-order valence-corrected chi connectivity index (χ0v) is 19.6. The van der Waals surface area contributed by atoms with Crippen LogP contribution in [-0.2, 0) is 6.54 Å². The van der Waals surface area contributed by atoms with Gasteiger partial charge < -0.3 is 5.73 Å². The quantitative estimate of drug-likeness (QED) is 0.459. The molecule has 2 N–H and O–H groups in total. The summed E-state index contributed by atoms with van der Waals surface area (Å²) in [4.78, 5) is 0. The molecule has 0 radical (unpaired) electrons. The van der Waals surface area contributed by atoms with Crippen LogP contribution in [0.5, 0.6) is 0 Å². The Kier molecular flexibility index (Phi) is 6.32. The molecule has 0 aliphatic carbocycles. The fourth-order valence-corrected chi connectivity index (χ4v) is 8.63. The summed E-state index contributed by atoms with van der Waals surface area (Å²) in [5.41, 5.74) is 12.6. The van der Waals surface area contributed by atoms with Gasteiger partial charge in [-0.05, 0) is 55.6 Å². The molecule has 3 rings (SSSR count). The molecule has 0 aromatic heterocycles. The van der Waals surface area contributed by atoms with Crippen molar-refractivity contribution in [3.05, 3.63) is 78.4 Å². The Morgan fingerprint density at radius 3 is 1.34 bits per heavy atom. The molecular formula is C27H34NP. The molecule has 0 fully saturated rings. The molecule has 0 unspecified atom stereocenters. The molecule has 0 aliphatic heterocycles. The molecule has 0 bridgehead atoms. The monoisotopic (exact) mass is 403 g/mol. The van der Waals surface area contributed by atoms with Crippen LogP contribution in [0.15, 0.2) is 72.8 Å². The van der Waals surface area contributed by atoms with Gasteiger partial charge in [0.15, 0.2) is 0 Å². The SMILES string of the molecule is CC(C)(C)P(c1c(-c2ccccc2)cc(CN)cc1-c1ccccc1)C(C)(C)C. The Balaban J connectivity index is 2.45. The van der Waals surface area contributed by atoms with Gasteiger partial charge in [0, 0.05) is 6.54 Å². The van der Waals surface area contributed by atoms with Gasteiger partial charge in [-0.3, -0.25) is 0 Å². The largest absolute Gasteiger partial charge is 0.326 e. The van der Waals surface area contributed by atoms with Gasteiger partial charge in [-0.25, -0.2) is 0 Å². The molecule has 2 heteroatoms. The summed E-state index contributed by atoms with van der Waals surface area (Å²) in [5, 5.41) is 1.84. The van der Waals surface area contributed by atoms with Gasteiger partial charge in [-0.15, -0.1) is 0 Å². The average Bonchev–Trinajstić information content (AvgIpc) is 2.67.